The van der Waals surface area contributed by atoms with Gasteiger partial charge in [0.1, 0.15) is 5.75 Å². The minimum absolute atomic E-state index is 0.661. The lowest BCUT2D eigenvalue weighted by atomic mass is 10.1. The maximum atomic E-state index is 5.51. The molecule has 3 heteroatoms. The Kier molecular flexibility index (Phi) is 4.12. The van der Waals surface area contributed by atoms with Gasteiger partial charge in [0.15, 0.2) is 0 Å². The monoisotopic (exact) mass is 197 g/mol. The summed E-state index contributed by atoms with van der Waals surface area (Å²) in [6.07, 6.45) is 2.94. The molecule has 0 aliphatic rings. The van der Waals surface area contributed by atoms with Crippen molar-refractivity contribution in [1.29, 1.82) is 0 Å². The zero-order chi connectivity index (χ0) is 9.68. The third kappa shape index (κ3) is 2.64. The highest BCUT2D eigenvalue weighted by Gasteiger charge is 2.02. The average Bonchev–Trinajstić information content (AvgIpc) is 2.18. The zero-order valence-electron chi connectivity index (χ0n) is 8.04. The third-order valence-corrected chi connectivity index (χ3v) is 2.63. The first kappa shape index (κ1) is 10.4. The highest BCUT2D eigenvalue weighted by Crippen LogP contribution is 2.24. The normalized spacial score (nSPS) is 10.1. The number of methoxy groups -OCH3 is 1. The van der Waals surface area contributed by atoms with Gasteiger partial charge in [0.25, 0.3) is 0 Å². The van der Waals surface area contributed by atoms with Gasteiger partial charge in [-0.2, -0.15) is 0 Å². The number of nitrogens with two attached hydrogens (primary N) is 1. The van der Waals surface area contributed by atoms with Gasteiger partial charge in [-0.25, -0.2) is 0 Å². The molecule has 2 N–H and O–H groups in total. The van der Waals surface area contributed by atoms with Crippen LogP contribution in [0.3, 0.4) is 0 Å². The van der Waals surface area contributed by atoms with Gasteiger partial charge in [-0.15, -0.1) is 11.8 Å². The standard InChI is InChI=1S/C10H15NOS/c1-12-10-4-3-9(13-2)7-8(10)5-6-11/h3-4,7H,5-6,11H2,1-2H3. The van der Waals surface area contributed by atoms with E-state index >= 15 is 0 Å². The van der Waals surface area contributed by atoms with Crippen molar-refractivity contribution in [3.8, 4) is 5.75 Å². The molecule has 13 heavy (non-hydrogen) atoms. The molecule has 2 nitrogen and oxygen atoms in total. The fourth-order valence-electron chi connectivity index (χ4n) is 1.23. The van der Waals surface area contributed by atoms with Crippen molar-refractivity contribution in [2.75, 3.05) is 19.9 Å². The van der Waals surface area contributed by atoms with Gasteiger partial charge in [0, 0.05) is 4.90 Å². The van der Waals surface area contributed by atoms with E-state index in [9.17, 15) is 0 Å². The average molecular weight is 197 g/mol. The Morgan fingerprint density at radius 2 is 2.23 bits per heavy atom. The van der Waals surface area contributed by atoms with Gasteiger partial charge >= 0.3 is 0 Å². The van der Waals surface area contributed by atoms with Crippen LogP contribution in [-0.4, -0.2) is 19.9 Å². The van der Waals surface area contributed by atoms with Gasteiger partial charge in [-0.3, -0.25) is 0 Å². The van der Waals surface area contributed by atoms with Crippen LogP contribution in [0.5, 0.6) is 5.75 Å². The molecule has 0 saturated carbocycles. The van der Waals surface area contributed by atoms with Crippen molar-refractivity contribution < 1.29 is 4.74 Å². The molecule has 0 heterocycles. The van der Waals surface area contributed by atoms with Crippen molar-refractivity contribution in [2.24, 2.45) is 5.73 Å². The van der Waals surface area contributed by atoms with E-state index in [0.717, 1.165) is 12.2 Å². The number of hydrogen-bond donors (Lipinski definition) is 1. The largest absolute Gasteiger partial charge is 0.496 e. The Morgan fingerprint density at radius 3 is 2.77 bits per heavy atom. The second-order valence-corrected chi connectivity index (χ2v) is 3.60. The lowest BCUT2D eigenvalue weighted by Gasteiger charge is -2.08. The van der Waals surface area contributed by atoms with E-state index in [1.807, 2.05) is 6.07 Å². The molecule has 0 atom stereocenters. The number of ether oxygens (including phenoxy) is 1. The molecule has 0 saturated heterocycles. The van der Waals surface area contributed by atoms with Crippen molar-refractivity contribution in [3.63, 3.8) is 0 Å². The van der Waals surface area contributed by atoms with E-state index in [4.69, 9.17) is 10.5 Å². The van der Waals surface area contributed by atoms with Crippen LogP contribution >= 0.6 is 11.8 Å². The predicted octanol–water partition coefficient (Wildman–Crippen LogP) is 1.92. The predicted molar refractivity (Wildman–Crippen MR) is 57.5 cm³/mol. The summed E-state index contributed by atoms with van der Waals surface area (Å²) < 4.78 is 5.23. The Balaban J connectivity index is 2.95. The molecule has 0 unspecified atom stereocenters. The minimum Gasteiger partial charge on any atom is -0.496 e. The number of thioether (sulfide) groups is 1. The van der Waals surface area contributed by atoms with E-state index in [2.05, 4.69) is 18.4 Å². The summed E-state index contributed by atoms with van der Waals surface area (Å²) in [6, 6.07) is 6.19. The van der Waals surface area contributed by atoms with Crippen molar-refractivity contribution >= 4 is 11.8 Å². The molecule has 0 aromatic heterocycles. The summed E-state index contributed by atoms with van der Waals surface area (Å²) in [7, 11) is 1.69. The van der Waals surface area contributed by atoms with Gasteiger partial charge in [0.05, 0.1) is 7.11 Å². The van der Waals surface area contributed by atoms with Crippen LogP contribution in [0, 0.1) is 0 Å². The zero-order valence-corrected chi connectivity index (χ0v) is 8.86. The molecule has 0 aliphatic heterocycles. The van der Waals surface area contributed by atoms with Crippen LogP contribution in [0.15, 0.2) is 23.1 Å². The van der Waals surface area contributed by atoms with Gasteiger partial charge in [-0.1, -0.05) is 0 Å². The molecule has 1 aromatic rings. The fraction of sp³-hybridized carbons (Fsp3) is 0.400. The van der Waals surface area contributed by atoms with Crippen molar-refractivity contribution in [3.05, 3.63) is 23.8 Å². The third-order valence-electron chi connectivity index (χ3n) is 1.90. The molecule has 72 valence electrons. The molecule has 0 radical (unpaired) electrons. The van der Waals surface area contributed by atoms with Crippen molar-refractivity contribution in [1.82, 2.24) is 0 Å². The number of benzene rings is 1. The summed E-state index contributed by atoms with van der Waals surface area (Å²) in [5.74, 6) is 0.934. The maximum Gasteiger partial charge on any atom is 0.122 e. The lowest BCUT2D eigenvalue weighted by molar-refractivity contribution is 0.409. The van der Waals surface area contributed by atoms with Crippen LogP contribution in [-0.2, 0) is 6.42 Å². The maximum absolute atomic E-state index is 5.51. The van der Waals surface area contributed by atoms with Gasteiger partial charge in [-0.05, 0) is 43.0 Å². The highest BCUT2D eigenvalue weighted by molar-refractivity contribution is 7.98. The Hall–Kier alpha value is -0.670. The molecule has 0 amide bonds. The summed E-state index contributed by atoms with van der Waals surface area (Å²) >= 11 is 1.73. The first-order valence-corrected chi connectivity index (χ1v) is 5.45. The van der Waals surface area contributed by atoms with Crippen LogP contribution in [0.4, 0.5) is 0 Å². The molecule has 1 rings (SSSR count). The Bertz CT molecular complexity index is 276. The topological polar surface area (TPSA) is 35.2 Å². The highest BCUT2D eigenvalue weighted by atomic mass is 32.2. The summed E-state index contributed by atoms with van der Waals surface area (Å²) in [5.41, 5.74) is 6.70. The molecule has 1 aromatic carbocycles. The first-order chi connectivity index (χ1) is 6.31. The van der Waals surface area contributed by atoms with Gasteiger partial charge in [0.2, 0.25) is 0 Å². The van der Waals surface area contributed by atoms with E-state index < -0.39 is 0 Å². The minimum atomic E-state index is 0.661. The SMILES string of the molecule is COc1ccc(SC)cc1CCN. The summed E-state index contributed by atoms with van der Waals surface area (Å²) in [6.45, 7) is 0.661. The quantitative estimate of drug-likeness (QED) is 0.749. The molecular weight excluding hydrogens is 182 g/mol. The van der Waals surface area contributed by atoms with Gasteiger partial charge < -0.3 is 10.5 Å². The van der Waals surface area contributed by atoms with Crippen LogP contribution in [0.2, 0.25) is 0 Å². The second kappa shape index (κ2) is 5.14. The van der Waals surface area contributed by atoms with Crippen LogP contribution < -0.4 is 10.5 Å². The van der Waals surface area contributed by atoms with E-state index in [0.29, 0.717) is 6.54 Å². The molecule has 0 fully saturated rings. The lowest BCUT2D eigenvalue weighted by Crippen LogP contribution is -2.04. The van der Waals surface area contributed by atoms with E-state index in [-0.39, 0.29) is 0 Å². The number of rotatable bonds is 4. The van der Waals surface area contributed by atoms with Crippen LogP contribution in [0.1, 0.15) is 5.56 Å². The van der Waals surface area contributed by atoms with Crippen molar-refractivity contribution in [2.45, 2.75) is 11.3 Å². The molecule has 0 aliphatic carbocycles. The van der Waals surface area contributed by atoms with E-state index in [1.165, 1.54) is 10.5 Å². The van der Waals surface area contributed by atoms with E-state index in [1.54, 1.807) is 18.9 Å². The molecule has 0 spiro atoms. The first-order valence-electron chi connectivity index (χ1n) is 4.22. The molecule has 0 bridgehead atoms. The fourth-order valence-corrected chi connectivity index (χ4v) is 1.70. The smallest absolute Gasteiger partial charge is 0.122 e. The molecular formula is C10H15NOS. The second-order valence-electron chi connectivity index (χ2n) is 2.72. The Labute approximate surface area is 83.5 Å². The Morgan fingerprint density at radius 1 is 1.46 bits per heavy atom. The summed E-state index contributed by atoms with van der Waals surface area (Å²) in [4.78, 5) is 1.25. The van der Waals surface area contributed by atoms with Crippen LogP contribution in [0.25, 0.3) is 0 Å². The summed E-state index contributed by atoms with van der Waals surface area (Å²) in [5, 5.41) is 0. The number of hydrogen-bond acceptors (Lipinski definition) is 3.